The first-order valence-electron chi connectivity index (χ1n) is 9.30. The second-order valence-corrected chi connectivity index (χ2v) is 7.25. The first-order chi connectivity index (χ1) is 13.4. The number of carbonyl (C=O) groups excluding carboxylic acids is 2. The lowest BCUT2D eigenvalue weighted by Crippen LogP contribution is -2.51. The molecule has 146 valence electrons. The molecule has 2 heterocycles. The molecule has 3 rings (SSSR count). The fourth-order valence-electron chi connectivity index (χ4n) is 3.18. The summed E-state index contributed by atoms with van der Waals surface area (Å²) in [6, 6.07) is 12.3. The zero-order valence-electron chi connectivity index (χ0n) is 16.3. The van der Waals surface area contributed by atoms with Gasteiger partial charge in [0.05, 0.1) is 23.1 Å². The standard InChI is InChI=1S/C21H25N5O2/c1-13(2)12-15(22)20(27)25-19-21(28)26(3)17-10-5-4-8-14(17)18(24-19)16-9-6-7-11-23-16/h4-11,13,15,19H,12,22H2,1-3H3,(H,25,27). The van der Waals surface area contributed by atoms with Crippen LogP contribution in [-0.4, -0.2) is 41.8 Å². The van der Waals surface area contributed by atoms with Crippen LogP contribution < -0.4 is 16.0 Å². The number of nitrogens with zero attached hydrogens (tertiary/aromatic N) is 3. The molecule has 1 aliphatic heterocycles. The van der Waals surface area contributed by atoms with E-state index in [4.69, 9.17) is 5.73 Å². The lowest BCUT2D eigenvalue weighted by Gasteiger charge is -2.22. The SMILES string of the molecule is CC(C)CC(N)C(=O)NC1N=C(c2ccccn2)c2ccccc2N(C)C1=O. The quantitative estimate of drug-likeness (QED) is 0.826. The Bertz CT molecular complexity index is 895. The number of nitrogens with one attached hydrogen (secondary N) is 1. The van der Waals surface area contributed by atoms with Gasteiger partial charge in [0.2, 0.25) is 12.1 Å². The van der Waals surface area contributed by atoms with E-state index >= 15 is 0 Å². The van der Waals surface area contributed by atoms with Crippen molar-refractivity contribution in [2.24, 2.45) is 16.6 Å². The Morgan fingerprint density at radius 3 is 2.61 bits per heavy atom. The summed E-state index contributed by atoms with van der Waals surface area (Å²) in [6.07, 6.45) is 1.13. The number of benzene rings is 1. The van der Waals surface area contributed by atoms with Crippen molar-refractivity contribution in [3.63, 3.8) is 0 Å². The van der Waals surface area contributed by atoms with Gasteiger partial charge >= 0.3 is 0 Å². The fraction of sp³-hybridized carbons (Fsp3) is 0.333. The molecule has 2 aromatic rings. The van der Waals surface area contributed by atoms with Crippen LogP contribution in [0.2, 0.25) is 0 Å². The maximum atomic E-state index is 13.0. The number of anilines is 1. The van der Waals surface area contributed by atoms with E-state index in [1.54, 1.807) is 13.2 Å². The minimum Gasteiger partial charge on any atom is -0.325 e. The number of hydrogen-bond acceptors (Lipinski definition) is 5. The van der Waals surface area contributed by atoms with Crippen molar-refractivity contribution in [3.8, 4) is 0 Å². The first-order valence-corrected chi connectivity index (χ1v) is 9.30. The minimum atomic E-state index is -1.07. The number of aliphatic imine (C=N–C) groups is 1. The summed E-state index contributed by atoms with van der Waals surface area (Å²) in [5.74, 6) is -0.455. The number of pyridine rings is 1. The highest BCUT2D eigenvalue weighted by Gasteiger charge is 2.32. The third kappa shape index (κ3) is 4.09. The Hall–Kier alpha value is -3.06. The molecule has 0 fully saturated rings. The Morgan fingerprint density at radius 1 is 1.21 bits per heavy atom. The Morgan fingerprint density at radius 2 is 1.93 bits per heavy atom. The molecule has 2 atom stereocenters. The normalized spacial score (nSPS) is 17.6. The van der Waals surface area contributed by atoms with E-state index in [0.717, 1.165) is 5.56 Å². The van der Waals surface area contributed by atoms with E-state index in [1.807, 2.05) is 56.3 Å². The number of amides is 2. The molecule has 28 heavy (non-hydrogen) atoms. The summed E-state index contributed by atoms with van der Waals surface area (Å²) in [4.78, 5) is 36.0. The fourth-order valence-corrected chi connectivity index (χ4v) is 3.18. The van der Waals surface area contributed by atoms with Crippen LogP contribution in [0.15, 0.2) is 53.7 Å². The van der Waals surface area contributed by atoms with E-state index in [9.17, 15) is 9.59 Å². The van der Waals surface area contributed by atoms with Crippen molar-refractivity contribution in [2.75, 3.05) is 11.9 Å². The molecular weight excluding hydrogens is 354 g/mol. The van der Waals surface area contributed by atoms with Gasteiger partial charge in [-0.2, -0.15) is 0 Å². The van der Waals surface area contributed by atoms with Crippen LogP contribution in [0.4, 0.5) is 5.69 Å². The van der Waals surface area contributed by atoms with Crippen molar-refractivity contribution >= 4 is 23.2 Å². The summed E-state index contributed by atoms with van der Waals surface area (Å²) in [7, 11) is 1.67. The average molecular weight is 379 g/mol. The summed E-state index contributed by atoms with van der Waals surface area (Å²) in [5, 5.41) is 2.71. The van der Waals surface area contributed by atoms with Gasteiger partial charge in [-0.25, -0.2) is 4.99 Å². The topological polar surface area (TPSA) is 101 Å². The maximum Gasteiger partial charge on any atom is 0.272 e. The summed E-state index contributed by atoms with van der Waals surface area (Å²) in [5.41, 5.74) is 8.65. The maximum absolute atomic E-state index is 13.0. The molecule has 3 N–H and O–H groups in total. The van der Waals surface area contributed by atoms with Crippen LogP contribution in [0, 0.1) is 5.92 Å². The molecule has 1 aromatic heterocycles. The van der Waals surface area contributed by atoms with Crippen LogP contribution in [0.3, 0.4) is 0 Å². The molecule has 1 aromatic carbocycles. The van der Waals surface area contributed by atoms with E-state index in [1.165, 1.54) is 4.90 Å². The summed E-state index contributed by atoms with van der Waals surface area (Å²) < 4.78 is 0. The molecule has 7 nitrogen and oxygen atoms in total. The van der Waals surface area contributed by atoms with Gasteiger partial charge in [-0.05, 0) is 30.5 Å². The molecule has 0 radical (unpaired) electrons. The third-order valence-electron chi connectivity index (χ3n) is 4.59. The molecule has 2 unspecified atom stereocenters. The molecular formula is C21H25N5O2. The van der Waals surface area contributed by atoms with E-state index < -0.39 is 18.1 Å². The van der Waals surface area contributed by atoms with Crippen molar-refractivity contribution in [3.05, 3.63) is 59.9 Å². The monoisotopic (exact) mass is 379 g/mol. The predicted octanol–water partition coefficient (Wildman–Crippen LogP) is 1.71. The molecule has 0 bridgehead atoms. The lowest BCUT2D eigenvalue weighted by atomic mass is 10.0. The van der Waals surface area contributed by atoms with Gasteiger partial charge in [-0.15, -0.1) is 0 Å². The number of fused-ring (bicyclic) bond motifs is 1. The van der Waals surface area contributed by atoms with Crippen LogP contribution in [0.1, 0.15) is 31.5 Å². The Labute approximate surface area is 164 Å². The minimum absolute atomic E-state index is 0.269. The highest BCUT2D eigenvalue weighted by Crippen LogP contribution is 2.26. The number of para-hydroxylation sites is 1. The highest BCUT2D eigenvalue weighted by atomic mass is 16.2. The molecule has 0 aliphatic carbocycles. The molecule has 2 amide bonds. The van der Waals surface area contributed by atoms with Gasteiger partial charge in [0.15, 0.2) is 0 Å². The number of rotatable bonds is 5. The van der Waals surface area contributed by atoms with Gasteiger partial charge in [-0.1, -0.05) is 38.1 Å². The van der Waals surface area contributed by atoms with Crippen molar-refractivity contribution < 1.29 is 9.59 Å². The van der Waals surface area contributed by atoms with Crippen molar-refractivity contribution in [2.45, 2.75) is 32.5 Å². The number of carbonyl (C=O) groups is 2. The first kappa shape index (κ1) is 19.7. The Kier molecular flexibility index (Phi) is 5.84. The summed E-state index contributed by atoms with van der Waals surface area (Å²) in [6.45, 7) is 3.98. The number of likely N-dealkylation sites (N-methyl/N-ethyl adjacent to an activating group) is 1. The van der Waals surface area contributed by atoms with E-state index in [0.29, 0.717) is 23.5 Å². The summed E-state index contributed by atoms with van der Waals surface area (Å²) >= 11 is 0. The van der Waals surface area contributed by atoms with Crippen molar-refractivity contribution in [1.29, 1.82) is 0 Å². The predicted molar refractivity (Wildman–Crippen MR) is 109 cm³/mol. The van der Waals surface area contributed by atoms with Gasteiger partial charge in [0.25, 0.3) is 5.91 Å². The van der Waals surface area contributed by atoms with E-state index in [2.05, 4.69) is 15.3 Å². The second-order valence-electron chi connectivity index (χ2n) is 7.25. The van der Waals surface area contributed by atoms with Crippen LogP contribution in [0.5, 0.6) is 0 Å². The zero-order chi connectivity index (χ0) is 20.3. The number of benzodiazepines with no additional fused rings is 1. The number of hydrogen-bond donors (Lipinski definition) is 2. The zero-order valence-corrected chi connectivity index (χ0v) is 16.3. The number of nitrogens with two attached hydrogens (primary N) is 1. The van der Waals surface area contributed by atoms with Gasteiger partial charge in [-0.3, -0.25) is 14.6 Å². The van der Waals surface area contributed by atoms with Crippen LogP contribution in [-0.2, 0) is 9.59 Å². The van der Waals surface area contributed by atoms with Gasteiger partial charge in [0, 0.05) is 18.8 Å². The lowest BCUT2D eigenvalue weighted by molar-refractivity contribution is -0.128. The molecule has 7 heteroatoms. The van der Waals surface area contributed by atoms with Crippen molar-refractivity contribution in [1.82, 2.24) is 10.3 Å². The molecule has 0 saturated heterocycles. The third-order valence-corrected chi connectivity index (χ3v) is 4.59. The second kappa shape index (κ2) is 8.31. The average Bonchev–Trinajstić information content (AvgIpc) is 2.79. The smallest absolute Gasteiger partial charge is 0.272 e. The van der Waals surface area contributed by atoms with Gasteiger partial charge in [0.1, 0.15) is 0 Å². The largest absolute Gasteiger partial charge is 0.325 e. The highest BCUT2D eigenvalue weighted by molar-refractivity contribution is 6.19. The number of aromatic nitrogens is 1. The van der Waals surface area contributed by atoms with Crippen LogP contribution >= 0.6 is 0 Å². The molecule has 0 spiro atoms. The molecule has 1 aliphatic rings. The Balaban J connectivity index is 2.02. The van der Waals surface area contributed by atoms with E-state index in [-0.39, 0.29) is 11.8 Å². The van der Waals surface area contributed by atoms with Gasteiger partial charge < -0.3 is 16.0 Å². The molecule has 0 saturated carbocycles. The van der Waals surface area contributed by atoms with Crippen LogP contribution in [0.25, 0.3) is 0 Å².